The Kier molecular flexibility index (Phi) is 6.80. The Labute approximate surface area is 155 Å². The summed E-state index contributed by atoms with van der Waals surface area (Å²) in [6, 6.07) is 32.2. The molecular formula is C22H20SSe. The summed E-state index contributed by atoms with van der Waals surface area (Å²) in [5.74, 6) is 0. The third kappa shape index (κ3) is 5.72. The van der Waals surface area contributed by atoms with Crippen LogP contribution in [0.3, 0.4) is 0 Å². The van der Waals surface area contributed by atoms with Gasteiger partial charge < -0.3 is 0 Å². The van der Waals surface area contributed by atoms with Gasteiger partial charge in [-0.3, -0.25) is 0 Å². The Bertz CT molecular complexity index is 752. The molecule has 0 spiro atoms. The number of hydrogen-bond donors (Lipinski definition) is 0. The fourth-order valence-corrected chi connectivity index (χ4v) is 5.19. The predicted octanol–water partition coefficient (Wildman–Crippen LogP) is 5.28. The molecule has 0 radical (unpaired) electrons. The van der Waals surface area contributed by atoms with E-state index in [1.54, 1.807) is 0 Å². The van der Waals surface area contributed by atoms with E-state index in [9.17, 15) is 0 Å². The molecule has 2 heteroatoms. The molecule has 0 amide bonds. The van der Waals surface area contributed by atoms with Crippen LogP contribution in [0.5, 0.6) is 0 Å². The summed E-state index contributed by atoms with van der Waals surface area (Å²) < 4.78 is 1.43. The maximum atomic E-state index is 2.45. The molecule has 0 aliphatic heterocycles. The Morgan fingerprint density at radius 2 is 1.33 bits per heavy atom. The van der Waals surface area contributed by atoms with Gasteiger partial charge in [0, 0.05) is 0 Å². The number of rotatable bonds is 7. The summed E-state index contributed by atoms with van der Waals surface area (Å²) in [6.45, 7) is 0. The van der Waals surface area contributed by atoms with Crippen molar-refractivity contribution in [3.63, 3.8) is 0 Å². The van der Waals surface area contributed by atoms with Crippen LogP contribution in [0.15, 0.2) is 106 Å². The Hall–Kier alpha value is -1.73. The van der Waals surface area contributed by atoms with Crippen molar-refractivity contribution in [2.75, 3.05) is 0 Å². The second kappa shape index (κ2) is 9.54. The van der Waals surface area contributed by atoms with Crippen molar-refractivity contribution in [1.82, 2.24) is 0 Å². The summed E-state index contributed by atoms with van der Waals surface area (Å²) in [5, 5.41) is 0. The standard InChI is InChI=1S/C22H20SSe/c1-4-10-19(11-5-1)16-17-21(23-20-12-6-2-7-13-20)18-24-22-14-8-3-9-15-22/h1-15,18H,16-17H2/b21-18-. The van der Waals surface area contributed by atoms with Crippen LogP contribution in [0.1, 0.15) is 12.0 Å². The Morgan fingerprint density at radius 1 is 0.750 bits per heavy atom. The number of allylic oxidation sites excluding steroid dienone is 1. The zero-order valence-electron chi connectivity index (χ0n) is 13.5. The minimum atomic E-state index is 0.384. The van der Waals surface area contributed by atoms with Crippen molar-refractivity contribution >= 4 is 31.2 Å². The average Bonchev–Trinajstić information content (AvgIpc) is 2.66. The van der Waals surface area contributed by atoms with Crippen molar-refractivity contribution in [2.45, 2.75) is 17.7 Å². The van der Waals surface area contributed by atoms with Crippen LogP contribution in [0.25, 0.3) is 0 Å². The van der Waals surface area contributed by atoms with Gasteiger partial charge in [-0.05, 0) is 0 Å². The molecule has 24 heavy (non-hydrogen) atoms. The van der Waals surface area contributed by atoms with E-state index < -0.39 is 0 Å². The van der Waals surface area contributed by atoms with E-state index in [1.807, 2.05) is 11.8 Å². The van der Waals surface area contributed by atoms with E-state index in [0.717, 1.165) is 12.8 Å². The van der Waals surface area contributed by atoms with E-state index in [4.69, 9.17) is 0 Å². The van der Waals surface area contributed by atoms with E-state index in [2.05, 4.69) is 96.0 Å². The predicted molar refractivity (Wildman–Crippen MR) is 107 cm³/mol. The molecule has 0 saturated carbocycles. The van der Waals surface area contributed by atoms with Gasteiger partial charge in [0.1, 0.15) is 0 Å². The van der Waals surface area contributed by atoms with Crippen molar-refractivity contribution in [3.8, 4) is 0 Å². The van der Waals surface area contributed by atoms with Crippen molar-refractivity contribution in [3.05, 3.63) is 106 Å². The van der Waals surface area contributed by atoms with E-state index in [1.165, 1.54) is 19.8 Å². The summed E-state index contributed by atoms with van der Waals surface area (Å²) >= 11 is 2.29. The van der Waals surface area contributed by atoms with Crippen molar-refractivity contribution < 1.29 is 0 Å². The first-order chi connectivity index (χ1) is 11.9. The topological polar surface area (TPSA) is 0 Å². The number of thioether (sulfide) groups is 1. The quantitative estimate of drug-likeness (QED) is 0.387. The van der Waals surface area contributed by atoms with Crippen LogP contribution in [0.2, 0.25) is 0 Å². The molecule has 0 nitrogen and oxygen atoms in total. The molecule has 0 N–H and O–H groups in total. The number of hydrogen-bond acceptors (Lipinski definition) is 1. The minimum absolute atomic E-state index is 0.384. The van der Waals surface area contributed by atoms with Crippen LogP contribution in [0, 0.1) is 0 Å². The van der Waals surface area contributed by atoms with Gasteiger partial charge in [-0.2, -0.15) is 0 Å². The van der Waals surface area contributed by atoms with Gasteiger partial charge in [0.15, 0.2) is 0 Å². The van der Waals surface area contributed by atoms with Gasteiger partial charge in [-0.15, -0.1) is 0 Å². The molecule has 0 aliphatic rings. The zero-order valence-corrected chi connectivity index (χ0v) is 16.0. The van der Waals surface area contributed by atoms with E-state index >= 15 is 0 Å². The molecule has 3 aromatic rings. The first kappa shape index (κ1) is 17.1. The van der Waals surface area contributed by atoms with Gasteiger partial charge in [-0.25, -0.2) is 0 Å². The summed E-state index contributed by atoms with van der Waals surface area (Å²) in [6.07, 6.45) is 2.19. The second-order valence-corrected chi connectivity index (χ2v) is 8.59. The molecule has 0 saturated heterocycles. The van der Waals surface area contributed by atoms with Gasteiger partial charge in [-0.1, -0.05) is 0 Å². The summed E-state index contributed by atoms with van der Waals surface area (Å²) in [4.78, 5) is 5.23. The second-order valence-electron chi connectivity index (χ2n) is 5.42. The van der Waals surface area contributed by atoms with E-state index in [0.29, 0.717) is 15.0 Å². The zero-order chi connectivity index (χ0) is 16.5. The van der Waals surface area contributed by atoms with Crippen LogP contribution >= 0.6 is 11.8 Å². The molecular weight excluding hydrogens is 375 g/mol. The number of benzene rings is 3. The molecule has 3 aromatic carbocycles. The fraction of sp³-hybridized carbons (Fsp3) is 0.0909. The molecule has 120 valence electrons. The van der Waals surface area contributed by atoms with Crippen molar-refractivity contribution in [1.29, 1.82) is 0 Å². The SMILES string of the molecule is C(/[Se]c1ccccc1)=C(\CCc1ccccc1)Sc1ccccc1. The first-order valence-electron chi connectivity index (χ1n) is 8.08. The Balaban J connectivity index is 1.70. The van der Waals surface area contributed by atoms with Crippen LogP contribution in [-0.2, 0) is 6.42 Å². The van der Waals surface area contributed by atoms with E-state index in [-0.39, 0.29) is 0 Å². The molecule has 0 unspecified atom stereocenters. The van der Waals surface area contributed by atoms with Gasteiger partial charge >= 0.3 is 155 Å². The normalized spacial score (nSPS) is 11.4. The molecule has 0 aliphatic carbocycles. The van der Waals surface area contributed by atoms with Crippen LogP contribution in [-0.4, -0.2) is 15.0 Å². The van der Waals surface area contributed by atoms with Gasteiger partial charge in [0.2, 0.25) is 0 Å². The average molecular weight is 395 g/mol. The first-order valence-corrected chi connectivity index (χ1v) is 10.7. The summed E-state index contributed by atoms with van der Waals surface area (Å²) in [5.41, 5.74) is 1.41. The Morgan fingerprint density at radius 3 is 2.00 bits per heavy atom. The van der Waals surface area contributed by atoms with Crippen LogP contribution in [0.4, 0.5) is 0 Å². The van der Waals surface area contributed by atoms with Gasteiger partial charge in [0.05, 0.1) is 0 Å². The monoisotopic (exact) mass is 396 g/mol. The number of aryl methyl sites for hydroxylation is 1. The molecule has 3 rings (SSSR count). The molecule has 0 fully saturated rings. The molecule has 0 atom stereocenters. The molecule has 0 heterocycles. The maximum absolute atomic E-state index is 2.45. The molecule has 0 aromatic heterocycles. The third-order valence-corrected chi connectivity index (χ3v) is 6.98. The van der Waals surface area contributed by atoms with Crippen LogP contribution < -0.4 is 4.46 Å². The van der Waals surface area contributed by atoms with Crippen molar-refractivity contribution in [2.24, 2.45) is 0 Å². The molecule has 0 bridgehead atoms. The summed E-state index contributed by atoms with van der Waals surface area (Å²) in [7, 11) is 0. The third-order valence-electron chi connectivity index (χ3n) is 3.56. The van der Waals surface area contributed by atoms with Gasteiger partial charge in [0.25, 0.3) is 0 Å². The fourth-order valence-electron chi connectivity index (χ4n) is 2.32.